The Hall–Kier alpha value is -2.38. The highest BCUT2D eigenvalue weighted by Crippen LogP contribution is 2.37. The lowest BCUT2D eigenvalue weighted by Gasteiger charge is -2.33. The minimum atomic E-state index is -4.80. The summed E-state index contributed by atoms with van der Waals surface area (Å²) >= 11 is 12.3. The Morgan fingerprint density at radius 1 is 1.10 bits per heavy atom. The molecule has 3 rings (SSSR count). The van der Waals surface area contributed by atoms with Gasteiger partial charge in [0.2, 0.25) is 5.91 Å². The van der Waals surface area contributed by atoms with E-state index in [2.05, 4.69) is 16.0 Å². The van der Waals surface area contributed by atoms with Gasteiger partial charge in [-0.2, -0.15) is 13.2 Å². The largest absolute Gasteiger partial charge is 0.416 e. The lowest BCUT2D eigenvalue weighted by Crippen LogP contribution is -2.44. The maximum absolute atomic E-state index is 14.2. The number of hydrogen-bond acceptors (Lipinski definition) is 6. The molecule has 1 fully saturated rings. The van der Waals surface area contributed by atoms with Crippen LogP contribution in [-0.2, 0) is 33.9 Å². The number of likely N-dealkylation sites (N-methyl/N-ethyl adjacent to an activating group) is 1. The van der Waals surface area contributed by atoms with Gasteiger partial charge in [0.1, 0.15) is 0 Å². The zero-order valence-electron chi connectivity index (χ0n) is 22.7. The van der Waals surface area contributed by atoms with Gasteiger partial charge in [-0.25, -0.2) is 8.42 Å². The minimum absolute atomic E-state index is 0.0235. The molecule has 0 saturated carbocycles. The number of alkyl halides is 3. The Morgan fingerprint density at radius 2 is 1.83 bits per heavy atom. The fraction of sp³-hybridized carbons (Fsp3) is 0.481. The smallest absolute Gasteiger partial charge is 0.355 e. The molecular weight excluding hydrogens is 604 g/mol. The van der Waals surface area contributed by atoms with E-state index in [0.29, 0.717) is 32.5 Å². The molecule has 1 aliphatic rings. The summed E-state index contributed by atoms with van der Waals surface area (Å²) < 4.78 is 67.4. The molecule has 1 saturated heterocycles. The molecule has 3 N–H and O–H groups in total. The van der Waals surface area contributed by atoms with Gasteiger partial charge in [-0.05, 0) is 67.9 Å². The predicted octanol–water partition coefficient (Wildman–Crippen LogP) is 4.28. The second kappa shape index (κ2) is 14.2. The molecule has 1 heterocycles. The van der Waals surface area contributed by atoms with Crippen LogP contribution >= 0.6 is 23.2 Å². The third kappa shape index (κ3) is 8.81. The molecule has 0 aliphatic carbocycles. The van der Waals surface area contributed by atoms with Crippen molar-refractivity contribution in [2.24, 2.45) is 5.92 Å². The number of carbonyl (C=O) groups is 2. The summed E-state index contributed by atoms with van der Waals surface area (Å²) in [7, 11) is -1.87. The zero-order valence-corrected chi connectivity index (χ0v) is 25.0. The average molecular weight is 638 g/mol. The van der Waals surface area contributed by atoms with E-state index >= 15 is 0 Å². The summed E-state index contributed by atoms with van der Waals surface area (Å²) in [5, 5.41) is 8.24. The summed E-state index contributed by atoms with van der Waals surface area (Å²) in [5.74, 6) is -1.54. The number of halogens is 5. The Balaban J connectivity index is 1.80. The van der Waals surface area contributed by atoms with E-state index in [1.165, 1.54) is 25.1 Å². The molecule has 1 aliphatic heterocycles. The molecule has 226 valence electrons. The van der Waals surface area contributed by atoms with Crippen molar-refractivity contribution in [3.05, 3.63) is 62.6 Å². The fourth-order valence-corrected chi connectivity index (χ4v) is 6.29. The first kappa shape index (κ1) is 33.1. The topological polar surface area (TPSA) is 108 Å². The summed E-state index contributed by atoms with van der Waals surface area (Å²) in [6.45, 7) is 2.88. The van der Waals surface area contributed by atoms with E-state index in [4.69, 9.17) is 23.2 Å². The number of nitrogens with zero attached hydrogens (tertiary/aromatic N) is 1. The highest BCUT2D eigenvalue weighted by atomic mass is 35.5. The van der Waals surface area contributed by atoms with E-state index in [1.807, 2.05) is 0 Å². The molecule has 14 heteroatoms. The van der Waals surface area contributed by atoms with Crippen LogP contribution in [0.5, 0.6) is 0 Å². The Labute approximate surface area is 247 Å². The van der Waals surface area contributed by atoms with Gasteiger partial charge in [-0.3, -0.25) is 14.5 Å². The van der Waals surface area contributed by atoms with Gasteiger partial charge in [-0.1, -0.05) is 30.1 Å². The molecule has 2 amide bonds. The molecule has 0 spiro atoms. The van der Waals surface area contributed by atoms with Crippen molar-refractivity contribution >= 4 is 44.9 Å². The van der Waals surface area contributed by atoms with Crippen molar-refractivity contribution in [3.63, 3.8) is 0 Å². The first-order valence-corrected chi connectivity index (χ1v) is 15.5. The number of sulfone groups is 1. The summed E-state index contributed by atoms with van der Waals surface area (Å²) in [4.78, 5) is 27.2. The van der Waals surface area contributed by atoms with Crippen LogP contribution in [0.4, 0.5) is 13.2 Å². The van der Waals surface area contributed by atoms with Crippen LogP contribution in [0.1, 0.15) is 46.8 Å². The van der Waals surface area contributed by atoms with Gasteiger partial charge < -0.3 is 16.0 Å². The third-order valence-electron chi connectivity index (χ3n) is 6.87. The van der Waals surface area contributed by atoms with Crippen molar-refractivity contribution in [2.45, 2.75) is 43.9 Å². The van der Waals surface area contributed by atoms with Crippen molar-refractivity contribution in [2.75, 3.05) is 39.0 Å². The number of carbonyl (C=O) groups excluding carboxylic acids is 2. The number of amides is 2. The van der Waals surface area contributed by atoms with Crippen LogP contribution in [-0.4, -0.2) is 64.1 Å². The number of nitrogens with one attached hydrogen (secondary N) is 3. The Morgan fingerprint density at radius 3 is 2.49 bits per heavy atom. The SMILES string of the molecule is CCS(=O)(=O)c1ccc(Cl)cc1CNC(=O)c1cc(Cl)c(CN2CCC[C@H](C(=O)NCCNC)C2)c(C(F)(F)F)c1. The zero-order chi connectivity index (χ0) is 30.4. The number of likely N-dealkylation sites (tertiary alicyclic amines) is 1. The van der Waals surface area contributed by atoms with Crippen molar-refractivity contribution < 1.29 is 31.2 Å². The average Bonchev–Trinajstić information content (AvgIpc) is 2.92. The summed E-state index contributed by atoms with van der Waals surface area (Å²) in [5.41, 5.74) is -1.35. The number of piperidine rings is 1. The number of hydrogen-bond donors (Lipinski definition) is 3. The standard InChI is InChI=1S/C27H33Cl2F3N4O4S/c1-3-41(39,40)24-7-6-20(28)11-19(24)14-35-26(38)18-12-22(27(30,31)32)21(23(29)13-18)16-36-10-4-5-17(15-36)25(37)34-9-8-33-2/h6-7,11-13,17,33H,3-5,8-10,14-16H2,1-2H3,(H,34,37)(H,35,38)/t17-/m0/s1. The highest BCUT2D eigenvalue weighted by Gasteiger charge is 2.36. The van der Waals surface area contributed by atoms with Gasteiger partial charge in [0, 0.05) is 48.3 Å². The molecule has 2 aromatic rings. The lowest BCUT2D eigenvalue weighted by atomic mass is 9.95. The van der Waals surface area contributed by atoms with Crippen LogP contribution in [0.25, 0.3) is 0 Å². The maximum Gasteiger partial charge on any atom is 0.416 e. The molecule has 8 nitrogen and oxygen atoms in total. The monoisotopic (exact) mass is 636 g/mol. The minimum Gasteiger partial charge on any atom is -0.355 e. The molecule has 41 heavy (non-hydrogen) atoms. The van der Waals surface area contributed by atoms with Gasteiger partial charge in [0.05, 0.1) is 22.1 Å². The van der Waals surface area contributed by atoms with Crippen molar-refractivity contribution in [1.29, 1.82) is 0 Å². The highest BCUT2D eigenvalue weighted by molar-refractivity contribution is 7.91. The van der Waals surface area contributed by atoms with Crippen LogP contribution in [0.2, 0.25) is 10.0 Å². The second-order valence-corrected chi connectivity index (χ2v) is 12.9. The molecule has 0 aromatic heterocycles. The normalized spacial score (nSPS) is 16.4. The van der Waals surface area contributed by atoms with Crippen LogP contribution in [0, 0.1) is 5.92 Å². The molecule has 0 unspecified atom stereocenters. The van der Waals surface area contributed by atoms with E-state index in [0.717, 1.165) is 12.1 Å². The molecule has 0 bridgehead atoms. The first-order valence-electron chi connectivity index (χ1n) is 13.1. The van der Waals surface area contributed by atoms with Gasteiger partial charge in [-0.15, -0.1) is 0 Å². The fourth-order valence-electron chi connectivity index (χ4n) is 4.70. The quantitative estimate of drug-likeness (QED) is 0.318. The van der Waals surface area contributed by atoms with E-state index in [-0.39, 0.29) is 68.8 Å². The van der Waals surface area contributed by atoms with Crippen LogP contribution in [0.15, 0.2) is 35.2 Å². The van der Waals surface area contributed by atoms with Gasteiger partial charge >= 0.3 is 6.18 Å². The first-order chi connectivity index (χ1) is 19.3. The molecule has 1 atom stereocenters. The second-order valence-electron chi connectivity index (χ2n) is 9.79. The third-order valence-corrected chi connectivity index (χ3v) is 9.27. The van der Waals surface area contributed by atoms with Crippen molar-refractivity contribution in [1.82, 2.24) is 20.9 Å². The Kier molecular flexibility index (Phi) is 11.5. The predicted molar refractivity (Wildman–Crippen MR) is 152 cm³/mol. The summed E-state index contributed by atoms with van der Waals surface area (Å²) in [6, 6.07) is 6.02. The molecule has 0 radical (unpaired) electrons. The van der Waals surface area contributed by atoms with Gasteiger partial charge in [0.25, 0.3) is 5.91 Å². The molecular formula is C27H33Cl2F3N4O4S. The van der Waals surface area contributed by atoms with E-state index in [1.54, 1.807) is 11.9 Å². The maximum atomic E-state index is 14.2. The lowest BCUT2D eigenvalue weighted by molar-refractivity contribution is -0.138. The Bertz CT molecular complexity index is 1370. The van der Waals surface area contributed by atoms with Crippen molar-refractivity contribution in [3.8, 4) is 0 Å². The van der Waals surface area contributed by atoms with Gasteiger partial charge in [0.15, 0.2) is 9.84 Å². The van der Waals surface area contributed by atoms with E-state index in [9.17, 15) is 31.2 Å². The van der Waals surface area contributed by atoms with Crippen LogP contribution in [0.3, 0.4) is 0 Å². The van der Waals surface area contributed by atoms with Crippen LogP contribution < -0.4 is 16.0 Å². The number of rotatable bonds is 11. The number of benzene rings is 2. The van der Waals surface area contributed by atoms with E-state index < -0.39 is 27.5 Å². The molecule has 2 aromatic carbocycles. The summed E-state index contributed by atoms with van der Waals surface area (Å²) in [6.07, 6.45) is -3.53.